The molecule has 0 aromatic carbocycles. The molecule has 1 aliphatic rings. The lowest BCUT2D eigenvalue weighted by atomic mass is 10.2. The van der Waals surface area contributed by atoms with Crippen LogP contribution in [0.25, 0.3) is 0 Å². The number of carbonyl (C=O) groups is 1. The second-order valence-electron chi connectivity index (χ2n) is 3.37. The monoisotopic (exact) mass is 211 g/mol. The lowest BCUT2D eigenvalue weighted by Gasteiger charge is -2.26. The Balaban J connectivity index is 2.11. The van der Waals surface area contributed by atoms with Crippen molar-refractivity contribution >= 4 is 17.2 Å². The van der Waals surface area contributed by atoms with E-state index in [1.807, 2.05) is 22.6 Å². The standard InChI is InChI=1S/C10H13NO2S/c1-8-6-14-7-9(8)10(12)11-2-4-13-5-3-11/h6-7H,2-5H2,1H3. The molecule has 14 heavy (non-hydrogen) atoms. The van der Waals surface area contributed by atoms with Crippen molar-refractivity contribution in [1.82, 2.24) is 4.90 Å². The van der Waals surface area contributed by atoms with E-state index >= 15 is 0 Å². The Bertz CT molecular complexity index is 329. The summed E-state index contributed by atoms with van der Waals surface area (Å²) in [7, 11) is 0. The van der Waals surface area contributed by atoms with Crippen LogP contribution in [0.4, 0.5) is 0 Å². The van der Waals surface area contributed by atoms with Gasteiger partial charge in [0.15, 0.2) is 0 Å². The first-order valence-corrected chi connectivity index (χ1v) is 5.63. The second kappa shape index (κ2) is 4.11. The van der Waals surface area contributed by atoms with Crippen molar-refractivity contribution in [3.05, 3.63) is 21.9 Å². The number of amides is 1. The number of nitrogens with zero attached hydrogens (tertiary/aromatic N) is 1. The molecule has 0 unspecified atom stereocenters. The highest BCUT2D eigenvalue weighted by Crippen LogP contribution is 2.16. The number of hydrogen-bond acceptors (Lipinski definition) is 3. The van der Waals surface area contributed by atoms with Crippen LogP contribution in [-0.2, 0) is 4.74 Å². The van der Waals surface area contributed by atoms with Crippen molar-refractivity contribution < 1.29 is 9.53 Å². The van der Waals surface area contributed by atoms with E-state index in [1.165, 1.54) is 0 Å². The quantitative estimate of drug-likeness (QED) is 0.705. The zero-order valence-corrected chi connectivity index (χ0v) is 8.97. The molecular formula is C10H13NO2S. The minimum absolute atomic E-state index is 0.145. The molecule has 0 radical (unpaired) electrons. The molecule has 76 valence electrons. The Hall–Kier alpha value is -0.870. The molecule has 0 saturated carbocycles. The SMILES string of the molecule is Cc1cscc1C(=O)N1CCOCC1. The Morgan fingerprint density at radius 1 is 1.43 bits per heavy atom. The van der Waals surface area contributed by atoms with Crippen LogP contribution in [0.3, 0.4) is 0 Å². The normalized spacial score (nSPS) is 17.1. The summed E-state index contributed by atoms with van der Waals surface area (Å²) >= 11 is 1.58. The van der Waals surface area contributed by atoms with E-state index in [2.05, 4.69) is 0 Å². The molecule has 1 amide bonds. The van der Waals surface area contributed by atoms with Crippen molar-refractivity contribution in [2.45, 2.75) is 6.92 Å². The number of hydrogen-bond donors (Lipinski definition) is 0. The minimum Gasteiger partial charge on any atom is -0.378 e. The van der Waals surface area contributed by atoms with Gasteiger partial charge >= 0.3 is 0 Å². The van der Waals surface area contributed by atoms with Gasteiger partial charge in [-0.3, -0.25) is 4.79 Å². The lowest BCUT2D eigenvalue weighted by molar-refractivity contribution is 0.0303. The van der Waals surface area contributed by atoms with E-state index in [9.17, 15) is 4.79 Å². The van der Waals surface area contributed by atoms with Gasteiger partial charge in [0.25, 0.3) is 5.91 Å². The topological polar surface area (TPSA) is 29.5 Å². The zero-order chi connectivity index (χ0) is 9.97. The van der Waals surface area contributed by atoms with Crippen molar-refractivity contribution in [2.75, 3.05) is 26.3 Å². The Kier molecular flexibility index (Phi) is 2.84. The molecule has 2 heterocycles. The first-order chi connectivity index (χ1) is 6.79. The summed E-state index contributed by atoms with van der Waals surface area (Å²) in [6.45, 7) is 4.73. The predicted octanol–water partition coefficient (Wildman–Crippen LogP) is 1.53. The van der Waals surface area contributed by atoms with E-state index in [-0.39, 0.29) is 5.91 Å². The molecule has 1 fully saturated rings. The molecule has 0 atom stereocenters. The number of rotatable bonds is 1. The van der Waals surface area contributed by atoms with Gasteiger partial charge in [-0.05, 0) is 17.9 Å². The van der Waals surface area contributed by atoms with Crippen LogP contribution < -0.4 is 0 Å². The van der Waals surface area contributed by atoms with Crippen LogP contribution in [0.2, 0.25) is 0 Å². The number of aryl methyl sites for hydroxylation is 1. The molecule has 1 aromatic heterocycles. The fourth-order valence-electron chi connectivity index (χ4n) is 1.52. The largest absolute Gasteiger partial charge is 0.378 e. The van der Waals surface area contributed by atoms with Gasteiger partial charge < -0.3 is 9.64 Å². The third-order valence-electron chi connectivity index (χ3n) is 2.38. The molecule has 4 heteroatoms. The van der Waals surface area contributed by atoms with Gasteiger partial charge in [0.2, 0.25) is 0 Å². The Morgan fingerprint density at radius 2 is 2.14 bits per heavy atom. The highest BCUT2D eigenvalue weighted by Gasteiger charge is 2.19. The maximum Gasteiger partial charge on any atom is 0.255 e. The molecule has 0 spiro atoms. The maximum atomic E-state index is 12.0. The van der Waals surface area contributed by atoms with Crippen LogP contribution in [0, 0.1) is 6.92 Å². The van der Waals surface area contributed by atoms with Crippen molar-refractivity contribution in [3.8, 4) is 0 Å². The van der Waals surface area contributed by atoms with Crippen LogP contribution >= 0.6 is 11.3 Å². The number of morpholine rings is 1. The number of thiophene rings is 1. The van der Waals surface area contributed by atoms with Gasteiger partial charge in [-0.2, -0.15) is 11.3 Å². The first kappa shape index (κ1) is 9.68. The summed E-state index contributed by atoms with van der Waals surface area (Å²) in [5, 5.41) is 3.93. The molecule has 0 N–H and O–H groups in total. The average Bonchev–Trinajstić information content (AvgIpc) is 2.65. The minimum atomic E-state index is 0.145. The smallest absolute Gasteiger partial charge is 0.255 e. The van der Waals surface area contributed by atoms with E-state index < -0.39 is 0 Å². The summed E-state index contributed by atoms with van der Waals surface area (Å²) in [4.78, 5) is 13.8. The van der Waals surface area contributed by atoms with Gasteiger partial charge in [-0.15, -0.1) is 0 Å². The molecule has 1 aromatic rings. The molecule has 0 bridgehead atoms. The van der Waals surface area contributed by atoms with Crippen LogP contribution in [0.5, 0.6) is 0 Å². The van der Waals surface area contributed by atoms with Crippen LogP contribution in [0.15, 0.2) is 10.8 Å². The second-order valence-corrected chi connectivity index (χ2v) is 4.12. The number of carbonyl (C=O) groups excluding carboxylic acids is 1. The fraction of sp³-hybridized carbons (Fsp3) is 0.500. The van der Waals surface area contributed by atoms with Crippen molar-refractivity contribution in [3.63, 3.8) is 0 Å². The Morgan fingerprint density at radius 3 is 2.71 bits per heavy atom. The summed E-state index contributed by atoms with van der Waals surface area (Å²) in [6, 6.07) is 0. The predicted molar refractivity (Wildman–Crippen MR) is 55.8 cm³/mol. The van der Waals surface area contributed by atoms with E-state index in [1.54, 1.807) is 11.3 Å². The Labute approximate surface area is 87.3 Å². The molecule has 1 aliphatic heterocycles. The van der Waals surface area contributed by atoms with Gasteiger partial charge in [-0.1, -0.05) is 0 Å². The van der Waals surface area contributed by atoms with E-state index in [4.69, 9.17) is 4.74 Å². The first-order valence-electron chi connectivity index (χ1n) is 4.69. The highest BCUT2D eigenvalue weighted by atomic mass is 32.1. The molecule has 2 rings (SSSR count). The molecule has 0 aliphatic carbocycles. The van der Waals surface area contributed by atoms with E-state index in [0.717, 1.165) is 11.1 Å². The summed E-state index contributed by atoms with van der Waals surface area (Å²) in [5.41, 5.74) is 1.92. The lowest BCUT2D eigenvalue weighted by Crippen LogP contribution is -2.40. The third-order valence-corrected chi connectivity index (χ3v) is 3.25. The number of ether oxygens (including phenoxy) is 1. The maximum absolute atomic E-state index is 12.0. The zero-order valence-electron chi connectivity index (χ0n) is 8.16. The summed E-state index contributed by atoms with van der Waals surface area (Å²) < 4.78 is 5.21. The van der Waals surface area contributed by atoms with Gasteiger partial charge in [0.05, 0.1) is 18.8 Å². The highest BCUT2D eigenvalue weighted by molar-refractivity contribution is 7.08. The van der Waals surface area contributed by atoms with Crippen molar-refractivity contribution in [2.24, 2.45) is 0 Å². The molecule has 1 saturated heterocycles. The summed E-state index contributed by atoms with van der Waals surface area (Å²) in [5.74, 6) is 0.145. The summed E-state index contributed by atoms with van der Waals surface area (Å²) in [6.07, 6.45) is 0. The van der Waals surface area contributed by atoms with Gasteiger partial charge in [-0.25, -0.2) is 0 Å². The fourth-order valence-corrected chi connectivity index (χ4v) is 2.34. The molecular weight excluding hydrogens is 198 g/mol. The van der Waals surface area contributed by atoms with Crippen LogP contribution in [0.1, 0.15) is 15.9 Å². The van der Waals surface area contributed by atoms with Crippen LogP contribution in [-0.4, -0.2) is 37.1 Å². The van der Waals surface area contributed by atoms with Crippen molar-refractivity contribution in [1.29, 1.82) is 0 Å². The van der Waals surface area contributed by atoms with E-state index in [0.29, 0.717) is 26.3 Å². The molecule has 3 nitrogen and oxygen atoms in total. The van der Waals surface area contributed by atoms with Gasteiger partial charge in [0, 0.05) is 18.5 Å². The van der Waals surface area contributed by atoms with Gasteiger partial charge in [0.1, 0.15) is 0 Å². The average molecular weight is 211 g/mol. The third kappa shape index (κ3) is 1.81.